The molecule has 0 spiro atoms. The topological polar surface area (TPSA) is 18.5 Å². The molecule has 2 rings (SSSR count). The third-order valence-corrected chi connectivity index (χ3v) is 4.20. The maximum atomic E-state index is 5.65. The van der Waals surface area contributed by atoms with Crippen LogP contribution in [0.15, 0.2) is 0 Å². The Balaban J connectivity index is 1.45. The second-order valence-electron chi connectivity index (χ2n) is 5.81. The molecule has 1 unspecified atom stereocenters. The Morgan fingerprint density at radius 1 is 0.895 bits per heavy atom. The van der Waals surface area contributed by atoms with E-state index in [0.717, 1.165) is 38.4 Å². The molecule has 2 fully saturated rings. The maximum Gasteiger partial charge on any atom is 0.157 e. The van der Waals surface area contributed by atoms with Crippen LogP contribution in [0.3, 0.4) is 0 Å². The lowest BCUT2D eigenvalue weighted by Crippen LogP contribution is -2.22. The first-order valence-electron chi connectivity index (χ1n) is 8.14. The predicted octanol–water partition coefficient (Wildman–Crippen LogP) is 4.28. The van der Waals surface area contributed by atoms with Crippen LogP contribution >= 0.6 is 0 Å². The fraction of sp³-hybridized carbons (Fsp3) is 0.882. The minimum atomic E-state index is 0.0396. The quantitative estimate of drug-likeness (QED) is 0.545. The van der Waals surface area contributed by atoms with Gasteiger partial charge in [0.05, 0.1) is 6.61 Å². The molecule has 1 aliphatic heterocycles. The van der Waals surface area contributed by atoms with Crippen molar-refractivity contribution in [3.63, 3.8) is 0 Å². The van der Waals surface area contributed by atoms with Gasteiger partial charge in [-0.1, -0.05) is 32.1 Å². The second-order valence-corrected chi connectivity index (χ2v) is 5.81. The molecule has 0 N–H and O–H groups in total. The summed E-state index contributed by atoms with van der Waals surface area (Å²) in [6.45, 7) is 1.58. The fourth-order valence-electron chi connectivity index (χ4n) is 3.01. The summed E-state index contributed by atoms with van der Waals surface area (Å²) in [7, 11) is 0. The summed E-state index contributed by atoms with van der Waals surface area (Å²) in [4.78, 5) is 0. The largest absolute Gasteiger partial charge is 0.353 e. The van der Waals surface area contributed by atoms with Crippen LogP contribution < -0.4 is 0 Å². The molecule has 1 heterocycles. The molecule has 1 aliphatic carbocycles. The van der Waals surface area contributed by atoms with E-state index in [9.17, 15) is 0 Å². The van der Waals surface area contributed by atoms with Gasteiger partial charge in [0, 0.05) is 19.4 Å². The van der Waals surface area contributed by atoms with Gasteiger partial charge in [-0.15, -0.1) is 11.8 Å². The first-order chi connectivity index (χ1) is 9.45. The Morgan fingerprint density at radius 2 is 1.68 bits per heavy atom. The number of hydrogen-bond donors (Lipinski definition) is 0. The van der Waals surface area contributed by atoms with Crippen molar-refractivity contribution in [2.24, 2.45) is 5.92 Å². The zero-order valence-corrected chi connectivity index (χ0v) is 12.2. The highest BCUT2D eigenvalue weighted by molar-refractivity contribution is 4.99. The first kappa shape index (κ1) is 14.9. The molecule has 108 valence electrons. The van der Waals surface area contributed by atoms with Crippen molar-refractivity contribution in [2.75, 3.05) is 13.2 Å². The average Bonchev–Trinajstić information content (AvgIpc) is 2.48. The van der Waals surface area contributed by atoms with E-state index in [1.54, 1.807) is 0 Å². The lowest BCUT2D eigenvalue weighted by atomic mass is 9.86. The third kappa shape index (κ3) is 6.45. The van der Waals surface area contributed by atoms with Gasteiger partial charge in [0.2, 0.25) is 0 Å². The summed E-state index contributed by atoms with van der Waals surface area (Å²) in [6, 6.07) is 0. The highest BCUT2D eigenvalue weighted by Crippen LogP contribution is 2.26. The minimum Gasteiger partial charge on any atom is -0.353 e. The van der Waals surface area contributed by atoms with Gasteiger partial charge in [-0.2, -0.15) is 0 Å². The van der Waals surface area contributed by atoms with Crippen molar-refractivity contribution >= 4 is 0 Å². The van der Waals surface area contributed by atoms with E-state index in [1.807, 2.05) is 0 Å². The zero-order valence-electron chi connectivity index (χ0n) is 12.2. The Hall–Kier alpha value is -0.520. The van der Waals surface area contributed by atoms with Gasteiger partial charge in [-0.3, -0.25) is 0 Å². The van der Waals surface area contributed by atoms with Gasteiger partial charge in [0.25, 0.3) is 0 Å². The molecule has 2 nitrogen and oxygen atoms in total. The zero-order chi connectivity index (χ0) is 13.2. The molecule has 19 heavy (non-hydrogen) atoms. The number of hydrogen-bond acceptors (Lipinski definition) is 2. The van der Waals surface area contributed by atoms with Crippen LogP contribution in [0.5, 0.6) is 0 Å². The highest BCUT2D eigenvalue weighted by Gasteiger charge is 2.13. The monoisotopic (exact) mass is 264 g/mol. The molecule has 1 saturated heterocycles. The van der Waals surface area contributed by atoms with Crippen molar-refractivity contribution in [3.05, 3.63) is 0 Å². The van der Waals surface area contributed by atoms with Crippen molar-refractivity contribution in [1.82, 2.24) is 0 Å². The van der Waals surface area contributed by atoms with Crippen molar-refractivity contribution < 1.29 is 9.47 Å². The van der Waals surface area contributed by atoms with Crippen LogP contribution in [0.1, 0.15) is 70.6 Å². The Kier molecular flexibility index (Phi) is 7.36. The molecule has 1 atom stereocenters. The number of rotatable bonds is 5. The van der Waals surface area contributed by atoms with E-state index < -0.39 is 0 Å². The summed E-state index contributed by atoms with van der Waals surface area (Å²) < 4.78 is 11.2. The van der Waals surface area contributed by atoms with Crippen molar-refractivity contribution in [1.29, 1.82) is 0 Å². The summed E-state index contributed by atoms with van der Waals surface area (Å²) in [5.74, 6) is 7.49. The molecule has 2 aliphatic rings. The van der Waals surface area contributed by atoms with Crippen LogP contribution in [-0.2, 0) is 9.47 Å². The van der Waals surface area contributed by atoms with Crippen molar-refractivity contribution in [3.8, 4) is 11.8 Å². The van der Waals surface area contributed by atoms with Crippen molar-refractivity contribution in [2.45, 2.75) is 76.9 Å². The molecule has 0 bridgehead atoms. The molecule has 0 aromatic carbocycles. The van der Waals surface area contributed by atoms with Gasteiger partial charge >= 0.3 is 0 Å². The lowest BCUT2D eigenvalue weighted by molar-refractivity contribution is -0.161. The van der Waals surface area contributed by atoms with Crippen LogP contribution in [-0.4, -0.2) is 19.5 Å². The molecule has 2 heteroatoms. The van der Waals surface area contributed by atoms with Gasteiger partial charge in [0.1, 0.15) is 0 Å². The van der Waals surface area contributed by atoms with Gasteiger partial charge in [-0.25, -0.2) is 0 Å². The standard InChI is InChI=1S/C17H28O2/c1(4-10-16-11-5-3-6-12-16)2-8-14-18-17-13-7-9-15-19-17/h16-17H,3-15H2. The van der Waals surface area contributed by atoms with Crippen LogP contribution in [0, 0.1) is 17.8 Å². The third-order valence-electron chi connectivity index (χ3n) is 4.20. The highest BCUT2D eigenvalue weighted by atomic mass is 16.7. The molecule has 1 saturated carbocycles. The first-order valence-corrected chi connectivity index (χ1v) is 8.14. The van der Waals surface area contributed by atoms with Gasteiger partial charge in [-0.05, 0) is 31.6 Å². The SMILES string of the molecule is C(#CCCC1CCCCC1)CCOC1CCCCO1. The lowest BCUT2D eigenvalue weighted by Gasteiger charge is -2.22. The normalized spacial score (nSPS) is 24.7. The van der Waals surface area contributed by atoms with Crippen LogP contribution in [0.4, 0.5) is 0 Å². The second kappa shape index (κ2) is 9.39. The Morgan fingerprint density at radius 3 is 2.47 bits per heavy atom. The summed E-state index contributed by atoms with van der Waals surface area (Å²) in [5, 5.41) is 0. The molecule has 0 radical (unpaired) electrons. The van der Waals surface area contributed by atoms with Gasteiger partial charge in [0.15, 0.2) is 6.29 Å². The average molecular weight is 264 g/mol. The van der Waals surface area contributed by atoms with Gasteiger partial charge < -0.3 is 9.47 Å². The summed E-state index contributed by atoms with van der Waals surface area (Å²) >= 11 is 0. The summed E-state index contributed by atoms with van der Waals surface area (Å²) in [5.41, 5.74) is 0. The molecular weight excluding hydrogens is 236 g/mol. The molecule has 0 aromatic heterocycles. The van der Waals surface area contributed by atoms with E-state index in [-0.39, 0.29) is 6.29 Å². The van der Waals surface area contributed by atoms with E-state index in [2.05, 4.69) is 11.8 Å². The number of ether oxygens (including phenoxy) is 2. The Labute approximate surface area is 118 Å². The molecular formula is C17H28O2. The fourth-order valence-corrected chi connectivity index (χ4v) is 3.01. The molecule has 0 amide bonds. The van der Waals surface area contributed by atoms with E-state index in [4.69, 9.17) is 9.47 Å². The molecule has 0 aromatic rings. The minimum absolute atomic E-state index is 0.0396. The summed E-state index contributed by atoms with van der Waals surface area (Å²) in [6.07, 6.45) is 13.9. The smallest absolute Gasteiger partial charge is 0.157 e. The Bertz CT molecular complexity index is 277. The van der Waals surface area contributed by atoms with Crippen LogP contribution in [0.2, 0.25) is 0 Å². The predicted molar refractivity (Wildman–Crippen MR) is 77.7 cm³/mol. The van der Waals surface area contributed by atoms with E-state index in [0.29, 0.717) is 0 Å². The van der Waals surface area contributed by atoms with E-state index in [1.165, 1.54) is 51.4 Å². The maximum absolute atomic E-state index is 5.65. The van der Waals surface area contributed by atoms with Crippen LogP contribution in [0.25, 0.3) is 0 Å². The van der Waals surface area contributed by atoms with E-state index >= 15 is 0 Å².